The number of carbonyl (C=O) groups excluding carboxylic acids is 1. The number of benzene rings is 2. The van der Waals surface area contributed by atoms with Crippen LogP contribution < -0.4 is 14.8 Å². The molecule has 0 heterocycles. The molecule has 0 radical (unpaired) electrons. The maximum absolute atomic E-state index is 13.0. The number of nitrogens with one attached hydrogen (secondary N) is 1. The van der Waals surface area contributed by atoms with Gasteiger partial charge in [-0.2, -0.15) is 0 Å². The van der Waals surface area contributed by atoms with Crippen molar-refractivity contribution >= 4 is 23.6 Å². The third kappa shape index (κ3) is 7.88. The van der Waals surface area contributed by atoms with Gasteiger partial charge in [0.2, 0.25) is 5.91 Å². The smallest absolute Gasteiger partial charge is 0.331 e. The Bertz CT molecular complexity index is 1060. The van der Waals surface area contributed by atoms with Gasteiger partial charge in [0.25, 0.3) is 0 Å². The number of aliphatic carboxylic acids is 1. The van der Waals surface area contributed by atoms with Crippen LogP contribution in [0.1, 0.15) is 70.6 Å². The summed E-state index contributed by atoms with van der Waals surface area (Å²) in [6.07, 6.45) is 5.30. The molecule has 6 heteroatoms. The van der Waals surface area contributed by atoms with Gasteiger partial charge in [0.05, 0.1) is 13.7 Å². The minimum absolute atomic E-state index is 0.0927. The number of methoxy groups -OCH3 is 1. The Balaban J connectivity index is 2.00. The van der Waals surface area contributed by atoms with Gasteiger partial charge in [0.15, 0.2) is 0 Å². The highest BCUT2D eigenvalue weighted by atomic mass is 16.5. The summed E-state index contributed by atoms with van der Waals surface area (Å²) in [5, 5.41) is 12.3. The summed E-state index contributed by atoms with van der Waals surface area (Å²) in [6, 6.07) is 11.6. The Morgan fingerprint density at radius 1 is 1.03 bits per heavy atom. The van der Waals surface area contributed by atoms with Gasteiger partial charge < -0.3 is 19.9 Å². The molecule has 0 spiro atoms. The maximum Gasteiger partial charge on any atom is 0.331 e. The number of carboxylic acids is 1. The maximum atomic E-state index is 13.0. The first-order chi connectivity index (χ1) is 16.6. The van der Waals surface area contributed by atoms with E-state index < -0.39 is 11.4 Å². The molecule has 0 aromatic heterocycles. The number of anilines is 1. The zero-order valence-corrected chi connectivity index (χ0v) is 21.9. The van der Waals surface area contributed by atoms with E-state index in [4.69, 9.17) is 9.47 Å². The number of hydrogen-bond donors (Lipinski definition) is 2. The lowest BCUT2D eigenvalue weighted by atomic mass is 9.87. The zero-order chi connectivity index (χ0) is 26.0. The Morgan fingerprint density at radius 2 is 1.77 bits per heavy atom. The van der Waals surface area contributed by atoms with Crippen molar-refractivity contribution in [2.45, 2.75) is 66.7 Å². The first-order valence-corrected chi connectivity index (χ1v) is 12.3. The van der Waals surface area contributed by atoms with E-state index in [2.05, 4.69) is 37.4 Å². The number of ether oxygens (including phenoxy) is 2. The number of carbonyl (C=O) groups is 2. The van der Waals surface area contributed by atoms with Gasteiger partial charge in [-0.3, -0.25) is 4.79 Å². The van der Waals surface area contributed by atoms with Gasteiger partial charge in [0.1, 0.15) is 11.5 Å². The van der Waals surface area contributed by atoms with Crippen molar-refractivity contribution in [3.05, 3.63) is 58.7 Å². The molecule has 190 valence electrons. The van der Waals surface area contributed by atoms with E-state index in [1.165, 1.54) is 18.2 Å². The average molecular weight is 482 g/mol. The first-order valence-electron chi connectivity index (χ1n) is 12.3. The molecule has 2 aromatic rings. The van der Waals surface area contributed by atoms with Crippen LogP contribution in [0.3, 0.4) is 0 Å². The predicted molar refractivity (Wildman–Crippen MR) is 141 cm³/mol. The topological polar surface area (TPSA) is 84.9 Å². The Morgan fingerprint density at radius 3 is 2.37 bits per heavy atom. The Kier molecular flexibility index (Phi) is 10.4. The molecule has 0 bridgehead atoms. The average Bonchev–Trinajstić information content (AvgIpc) is 2.85. The molecule has 0 unspecified atom stereocenters. The van der Waals surface area contributed by atoms with Crippen LogP contribution in [0.4, 0.5) is 5.69 Å². The van der Waals surface area contributed by atoms with E-state index in [9.17, 15) is 14.7 Å². The lowest BCUT2D eigenvalue weighted by Crippen LogP contribution is -2.31. The van der Waals surface area contributed by atoms with E-state index in [0.29, 0.717) is 36.4 Å². The fourth-order valence-corrected chi connectivity index (χ4v) is 3.77. The van der Waals surface area contributed by atoms with Crippen molar-refractivity contribution in [1.82, 2.24) is 0 Å². The van der Waals surface area contributed by atoms with Gasteiger partial charge in [-0.05, 0) is 67.5 Å². The molecule has 0 aliphatic rings. The van der Waals surface area contributed by atoms with E-state index in [1.807, 2.05) is 13.8 Å². The molecule has 2 N–H and O–H groups in total. The van der Waals surface area contributed by atoms with Crippen molar-refractivity contribution in [3.63, 3.8) is 0 Å². The number of rotatable bonds is 13. The largest absolute Gasteiger partial charge is 0.496 e. The second-order valence-corrected chi connectivity index (χ2v) is 9.22. The summed E-state index contributed by atoms with van der Waals surface area (Å²) in [6.45, 7) is 10.4. The van der Waals surface area contributed by atoms with Gasteiger partial charge in [-0.15, -0.1) is 0 Å². The van der Waals surface area contributed by atoms with E-state index >= 15 is 0 Å². The molecule has 2 rings (SSSR count). The van der Waals surface area contributed by atoms with Crippen molar-refractivity contribution in [3.8, 4) is 11.5 Å². The summed E-state index contributed by atoms with van der Waals surface area (Å²) in [7, 11) is 1.52. The fourth-order valence-electron chi connectivity index (χ4n) is 3.77. The number of carboxylic acid groups (broad SMARTS) is 1. The second-order valence-electron chi connectivity index (χ2n) is 9.22. The number of aryl methyl sites for hydroxylation is 2. The highest BCUT2D eigenvalue weighted by molar-refractivity contribution is 5.96. The molecule has 0 fully saturated rings. The molecule has 0 aliphatic carbocycles. The van der Waals surface area contributed by atoms with Crippen molar-refractivity contribution in [2.75, 3.05) is 19.0 Å². The summed E-state index contributed by atoms with van der Waals surface area (Å²) in [5.41, 5.74) is 3.40. The fraction of sp³-hybridized carbons (Fsp3) is 0.448. The highest BCUT2D eigenvalue weighted by Gasteiger charge is 2.27. The molecule has 0 aliphatic heterocycles. The second kappa shape index (κ2) is 13.0. The normalized spacial score (nSPS) is 11.8. The first kappa shape index (κ1) is 28.0. The quantitative estimate of drug-likeness (QED) is 0.251. The molecule has 35 heavy (non-hydrogen) atoms. The highest BCUT2D eigenvalue weighted by Crippen LogP contribution is 2.29. The van der Waals surface area contributed by atoms with Crippen LogP contribution in [-0.4, -0.2) is 30.7 Å². The predicted octanol–water partition coefficient (Wildman–Crippen LogP) is 6.52. The summed E-state index contributed by atoms with van der Waals surface area (Å²) in [4.78, 5) is 24.3. The van der Waals surface area contributed by atoms with Crippen molar-refractivity contribution < 1.29 is 24.2 Å². The van der Waals surface area contributed by atoms with Crippen LogP contribution in [0.5, 0.6) is 11.5 Å². The van der Waals surface area contributed by atoms with Gasteiger partial charge in [-0.25, -0.2) is 4.79 Å². The standard InChI is InChI=1S/C29H39NO5/c1-7-20-11-12-21(8-2)26(17-20)35-16-10-15-29(4,5)28(33)30-24-14-13-23(25(19-24)34-6)18-22(9-3)27(31)32/h11-14,17-19H,7-10,15-16H2,1-6H3,(H,30,33)(H,31,32)/b22-18+. The number of amides is 1. The van der Waals surface area contributed by atoms with Crippen LogP contribution in [0.25, 0.3) is 6.08 Å². The molecule has 6 nitrogen and oxygen atoms in total. The van der Waals surface area contributed by atoms with Crippen molar-refractivity contribution in [2.24, 2.45) is 5.41 Å². The lowest BCUT2D eigenvalue weighted by Gasteiger charge is -2.24. The minimum atomic E-state index is -0.957. The summed E-state index contributed by atoms with van der Waals surface area (Å²) in [5.74, 6) is 0.387. The molecule has 1 amide bonds. The van der Waals surface area contributed by atoms with Crippen LogP contribution in [0.15, 0.2) is 42.0 Å². The Labute approximate surface area is 209 Å². The number of hydrogen-bond acceptors (Lipinski definition) is 4. The van der Waals surface area contributed by atoms with Crippen LogP contribution in [0, 0.1) is 5.41 Å². The zero-order valence-electron chi connectivity index (χ0n) is 21.9. The molecular weight excluding hydrogens is 442 g/mol. The third-order valence-corrected chi connectivity index (χ3v) is 6.22. The van der Waals surface area contributed by atoms with Gasteiger partial charge in [-0.1, -0.05) is 46.8 Å². The SMILES string of the molecule is CC/C(=C\c1ccc(NC(=O)C(C)(C)CCCOc2cc(CC)ccc2CC)cc1OC)C(=O)O. The third-order valence-electron chi connectivity index (χ3n) is 6.22. The molecule has 2 aromatic carbocycles. The summed E-state index contributed by atoms with van der Waals surface area (Å²) >= 11 is 0. The summed E-state index contributed by atoms with van der Waals surface area (Å²) < 4.78 is 11.5. The monoisotopic (exact) mass is 481 g/mol. The lowest BCUT2D eigenvalue weighted by molar-refractivity contribution is -0.132. The Hall–Kier alpha value is -3.28. The van der Waals surface area contributed by atoms with Crippen LogP contribution in [0.2, 0.25) is 0 Å². The van der Waals surface area contributed by atoms with E-state index in [0.717, 1.165) is 25.0 Å². The minimum Gasteiger partial charge on any atom is -0.496 e. The van der Waals surface area contributed by atoms with Crippen LogP contribution >= 0.6 is 0 Å². The molecule has 0 saturated carbocycles. The van der Waals surface area contributed by atoms with E-state index in [1.54, 1.807) is 31.2 Å². The molecular formula is C29H39NO5. The van der Waals surface area contributed by atoms with Crippen molar-refractivity contribution in [1.29, 1.82) is 0 Å². The molecule has 0 atom stereocenters. The van der Waals surface area contributed by atoms with E-state index in [-0.39, 0.29) is 11.5 Å². The van der Waals surface area contributed by atoms with Gasteiger partial charge >= 0.3 is 5.97 Å². The van der Waals surface area contributed by atoms with Gasteiger partial charge in [0, 0.05) is 28.3 Å². The molecule has 0 saturated heterocycles. The van der Waals surface area contributed by atoms with Crippen LogP contribution in [-0.2, 0) is 22.4 Å².